The molecule has 1 rings (SSSR count). The molecule has 0 aromatic carbocycles. The Labute approximate surface area is 95.2 Å². The molecule has 1 atom stereocenters. The number of carboxylic acids is 1. The second kappa shape index (κ2) is 4.63. The predicted octanol–water partition coefficient (Wildman–Crippen LogP) is 1.59. The molecule has 7 heteroatoms. The van der Waals surface area contributed by atoms with E-state index >= 15 is 0 Å². The van der Waals surface area contributed by atoms with Gasteiger partial charge in [0.1, 0.15) is 5.02 Å². The zero-order valence-electron chi connectivity index (χ0n) is 7.78. The molecule has 0 aliphatic carbocycles. The van der Waals surface area contributed by atoms with Crippen LogP contribution in [0.4, 0.5) is 0 Å². The SMILES string of the molecule is CC[C@H](C(=O)O)n1ncc(Cl)c(Cl)c1=O. The first-order valence-corrected chi connectivity index (χ1v) is 4.90. The van der Waals surface area contributed by atoms with Crippen molar-refractivity contribution in [3.8, 4) is 0 Å². The minimum Gasteiger partial charge on any atom is -0.480 e. The molecule has 0 fully saturated rings. The third kappa shape index (κ3) is 2.30. The van der Waals surface area contributed by atoms with Crippen molar-refractivity contribution in [1.82, 2.24) is 9.78 Å². The molecule has 0 radical (unpaired) electrons. The first-order valence-electron chi connectivity index (χ1n) is 4.14. The molecule has 0 amide bonds. The van der Waals surface area contributed by atoms with Crippen molar-refractivity contribution in [1.29, 1.82) is 0 Å². The zero-order chi connectivity index (χ0) is 11.6. The smallest absolute Gasteiger partial charge is 0.328 e. The summed E-state index contributed by atoms with van der Waals surface area (Å²) in [7, 11) is 0. The van der Waals surface area contributed by atoms with E-state index in [4.69, 9.17) is 28.3 Å². The van der Waals surface area contributed by atoms with Crippen LogP contribution in [0.15, 0.2) is 11.0 Å². The summed E-state index contributed by atoms with van der Waals surface area (Å²) in [6, 6.07) is -1.02. The Morgan fingerprint density at radius 1 is 1.67 bits per heavy atom. The number of hydrogen-bond donors (Lipinski definition) is 1. The maximum absolute atomic E-state index is 11.5. The van der Waals surface area contributed by atoms with E-state index in [0.717, 1.165) is 10.9 Å². The van der Waals surface area contributed by atoms with E-state index in [9.17, 15) is 9.59 Å². The number of aromatic nitrogens is 2. The maximum Gasteiger partial charge on any atom is 0.328 e. The third-order valence-corrected chi connectivity index (χ3v) is 2.62. The van der Waals surface area contributed by atoms with Crippen LogP contribution in [0.5, 0.6) is 0 Å². The van der Waals surface area contributed by atoms with Crippen LogP contribution in [0.2, 0.25) is 10.0 Å². The van der Waals surface area contributed by atoms with Gasteiger partial charge in [0.15, 0.2) is 6.04 Å². The summed E-state index contributed by atoms with van der Waals surface area (Å²) < 4.78 is 0.816. The third-order valence-electron chi connectivity index (χ3n) is 1.87. The molecule has 0 saturated carbocycles. The van der Waals surface area contributed by atoms with Gasteiger partial charge < -0.3 is 5.11 Å². The number of hydrogen-bond acceptors (Lipinski definition) is 3. The van der Waals surface area contributed by atoms with Crippen LogP contribution in [0, 0.1) is 0 Å². The lowest BCUT2D eigenvalue weighted by Crippen LogP contribution is -2.31. The van der Waals surface area contributed by atoms with Gasteiger partial charge in [-0.25, -0.2) is 9.48 Å². The Morgan fingerprint density at radius 2 is 2.27 bits per heavy atom. The second-order valence-electron chi connectivity index (χ2n) is 2.82. The standard InChI is InChI=1S/C8H8Cl2N2O3/c1-2-5(8(14)15)12-7(13)6(10)4(9)3-11-12/h3,5H,2H2,1H3,(H,14,15)/t5-/m1/s1. The molecule has 0 unspecified atom stereocenters. The minimum absolute atomic E-state index is 0.0122. The molecule has 0 aliphatic heterocycles. The van der Waals surface area contributed by atoms with E-state index in [1.807, 2.05) is 0 Å². The Morgan fingerprint density at radius 3 is 2.73 bits per heavy atom. The van der Waals surface area contributed by atoms with Crippen LogP contribution in [0.3, 0.4) is 0 Å². The van der Waals surface area contributed by atoms with Crippen molar-refractivity contribution in [3.63, 3.8) is 0 Å². The number of halogens is 2. The fraction of sp³-hybridized carbons (Fsp3) is 0.375. The van der Waals surface area contributed by atoms with E-state index in [1.165, 1.54) is 0 Å². The summed E-state index contributed by atoms with van der Waals surface area (Å²) in [5, 5.41) is 12.3. The van der Waals surface area contributed by atoms with Crippen molar-refractivity contribution < 1.29 is 9.90 Å². The molecular weight excluding hydrogens is 243 g/mol. The molecule has 1 aromatic rings. The number of carboxylic acid groups (broad SMARTS) is 1. The van der Waals surface area contributed by atoms with Crippen molar-refractivity contribution in [2.45, 2.75) is 19.4 Å². The van der Waals surface area contributed by atoms with Gasteiger partial charge in [0, 0.05) is 0 Å². The molecule has 0 spiro atoms. The lowest BCUT2D eigenvalue weighted by atomic mass is 10.2. The van der Waals surface area contributed by atoms with E-state index < -0.39 is 17.6 Å². The summed E-state index contributed by atoms with van der Waals surface area (Å²) in [5.41, 5.74) is -0.696. The van der Waals surface area contributed by atoms with Gasteiger partial charge in [-0.05, 0) is 6.42 Å². The molecule has 5 nitrogen and oxygen atoms in total. The van der Waals surface area contributed by atoms with Gasteiger partial charge in [-0.15, -0.1) is 0 Å². The van der Waals surface area contributed by atoms with Crippen molar-refractivity contribution in [3.05, 3.63) is 26.6 Å². The van der Waals surface area contributed by atoms with Gasteiger partial charge in [0.05, 0.1) is 11.2 Å². The normalized spacial score (nSPS) is 12.5. The topological polar surface area (TPSA) is 72.2 Å². The Hall–Kier alpha value is -1.07. The number of aliphatic carboxylic acids is 1. The maximum atomic E-state index is 11.5. The van der Waals surface area contributed by atoms with E-state index in [0.29, 0.717) is 0 Å². The second-order valence-corrected chi connectivity index (χ2v) is 3.60. The van der Waals surface area contributed by atoms with Gasteiger partial charge in [-0.3, -0.25) is 4.79 Å². The summed E-state index contributed by atoms with van der Waals surface area (Å²) in [6.07, 6.45) is 1.39. The molecule has 0 aliphatic rings. The fourth-order valence-electron chi connectivity index (χ4n) is 1.10. The molecular formula is C8H8Cl2N2O3. The summed E-state index contributed by atoms with van der Waals surface area (Å²) in [4.78, 5) is 22.3. The van der Waals surface area contributed by atoms with E-state index in [1.54, 1.807) is 6.92 Å². The fourth-order valence-corrected chi connectivity index (χ4v) is 1.36. The molecule has 1 heterocycles. The highest BCUT2D eigenvalue weighted by Crippen LogP contribution is 2.16. The van der Waals surface area contributed by atoms with Gasteiger partial charge in [0.25, 0.3) is 5.56 Å². The first-order chi connectivity index (χ1) is 6.99. The average Bonchev–Trinajstić information content (AvgIpc) is 2.18. The molecule has 0 bridgehead atoms. The zero-order valence-corrected chi connectivity index (χ0v) is 9.29. The molecule has 15 heavy (non-hydrogen) atoms. The monoisotopic (exact) mass is 250 g/mol. The lowest BCUT2D eigenvalue weighted by molar-refractivity contribution is -0.141. The van der Waals surface area contributed by atoms with E-state index in [2.05, 4.69) is 5.10 Å². The Kier molecular flexibility index (Phi) is 3.71. The van der Waals surface area contributed by atoms with Crippen LogP contribution in [-0.4, -0.2) is 20.9 Å². The van der Waals surface area contributed by atoms with Crippen molar-refractivity contribution >= 4 is 29.2 Å². The number of nitrogens with zero attached hydrogens (tertiary/aromatic N) is 2. The van der Waals surface area contributed by atoms with Crippen LogP contribution < -0.4 is 5.56 Å². The van der Waals surface area contributed by atoms with E-state index in [-0.39, 0.29) is 16.5 Å². The lowest BCUT2D eigenvalue weighted by Gasteiger charge is -2.12. The van der Waals surface area contributed by atoms with Crippen LogP contribution in [0.25, 0.3) is 0 Å². The van der Waals surface area contributed by atoms with Gasteiger partial charge in [0.2, 0.25) is 0 Å². The summed E-state index contributed by atoms with van der Waals surface area (Å²) in [6.45, 7) is 1.63. The Balaban J connectivity index is 3.32. The van der Waals surface area contributed by atoms with Gasteiger partial charge in [-0.1, -0.05) is 30.1 Å². The largest absolute Gasteiger partial charge is 0.480 e. The van der Waals surface area contributed by atoms with Crippen LogP contribution in [0.1, 0.15) is 19.4 Å². The highest BCUT2D eigenvalue weighted by atomic mass is 35.5. The van der Waals surface area contributed by atoms with Crippen LogP contribution >= 0.6 is 23.2 Å². The highest BCUT2D eigenvalue weighted by molar-refractivity contribution is 6.41. The average molecular weight is 251 g/mol. The highest BCUT2D eigenvalue weighted by Gasteiger charge is 2.21. The van der Waals surface area contributed by atoms with Crippen molar-refractivity contribution in [2.75, 3.05) is 0 Å². The first kappa shape index (κ1) is 12.0. The molecule has 1 aromatic heterocycles. The Bertz CT molecular complexity index is 444. The minimum atomic E-state index is -1.13. The van der Waals surface area contributed by atoms with Crippen LogP contribution in [-0.2, 0) is 4.79 Å². The van der Waals surface area contributed by atoms with Crippen molar-refractivity contribution in [2.24, 2.45) is 0 Å². The molecule has 0 saturated heterocycles. The predicted molar refractivity (Wildman–Crippen MR) is 55.5 cm³/mol. The quantitative estimate of drug-likeness (QED) is 0.885. The molecule has 1 N–H and O–H groups in total. The van der Waals surface area contributed by atoms with Gasteiger partial charge >= 0.3 is 5.97 Å². The number of carbonyl (C=O) groups is 1. The molecule has 82 valence electrons. The summed E-state index contributed by atoms with van der Waals surface area (Å²) in [5.74, 6) is -1.13. The number of rotatable bonds is 3. The van der Waals surface area contributed by atoms with Gasteiger partial charge in [-0.2, -0.15) is 5.10 Å². The summed E-state index contributed by atoms with van der Waals surface area (Å²) >= 11 is 11.1.